The predicted molar refractivity (Wildman–Crippen MR) is 155 cm³/mol. The molecule has 0 bridgehead atoms. The van der Waals surface area contributed by atoms with Crippen molar-refractivity contribution in [3.05, 3.63) is 70.5 Å². The van der Waals surface area contributed by atoms with Gasteiger partial charge in [-0.3, -0.25) is 14.4 Å². The third-order valence-electron chi connectivity index (χ3n) is 8.21. The van der Waals surface area contributed by atoms with Gasteiger partial charge in [-0.25, -0.2) is 15.0 Å². The van der Waals surface area contributed by atoms with Crippen LogP contribution in [-0.2, 0) is 16.1 Å². The molecule has 1 aromatic carbocycles. The van der Waals surface area contributed by atoms with E-state index < -0.39 is 6.04 Å². The van der Waals surface area contributed by atoms with Crippen LogP contribution in [0.1, 0.15) is 48.4 Å². The number of nitrogens with zero attached hydrogens (tertiary/aromatic N) is 5. The third kappa shape index (κ3) is 4.60. The summed E-state index contributed by atoms with van der Waals surface area (Å²) in [4.78, 5) is 54.5. The van der Waals surface area contributed by atoms with E-state index in [1.54, 1.807) is 23.5 Å². The molecule has 6 rings (SSSR count). The van der Waals surface area contributed by atoms with Crippen LogP contribution in [0.5, 0.6) is 0 Å². The molecule has 3 aromatic heterocycles. The van der Waals surface area contributed by atoms with Crippen molar-refractivity contribution < 1.29 is 14.4 Å². The normalized spacial score (nSPS) is 21.4. The molecule has 0 unspecified atom stereocenters. The number of piperidine rings is 1. The van der Waals surface area contributed by atoms with Crippen LogP contribution in [0, 0.1) is 19.3 Å². The number of likely N-dealkylation sites (tertiary alicyclic amines) is 1. The number of hydrogen-bond acceptors (Lipinski definition) is 6. The van der Waals surface area contributed by atoms with Crippen molar-refractivity contribution in [1.29, 1.82) is 0 Å². The molecule has 40 heavy (non-hydrogen) atoms. The lowest BCUT2D eigenvalue weighted by molar-refractivity contribution is -0.138. The Kier molecular flexibility index (Phi) is 6.33. The summed E-state index contributed by atoms with van der Waals surface area (Å²) >= 11 is 3.36. The summed E-state index contributed by atoms with van der Waals surface area (Å²) in [6, 6.07) is 8.94. The van der Waals surface area contributed by atoms with E-state index in [1.807, 2.05) is 48.7 Å². The highest BCUT2D eigenvalue weighted by Gasteiger charge is 2.64. The summed E-state index contributed by atoms with van der Waals surface area (Å²) in [7, 11) is 0. The van der Waals surface area contributed by atoms with Crippen LogP contribution in [0.2, 0.25) is 0 Å². The van der Waals surface area contributed by atoms with Crippen molar-refractivity contribution in [2.45, 2.75) is 59.2 Å². The molecule has 1 saturated carbocycles. The van der Waals surface area contributed by atoms with Crippen molar-refractivity contribution in [2.24, 2.45) is 5.41 Å². The molecule has 1 aliphatic heterocycles. The highest BCUT2D eigenvalue weighted by molar-refractivity contribution is 9.10. The molecule has 4 heterocycles. The average Bonchev–Trinajstić information content (AvgIpc) is 3.28. The fraction of sp³-hybridized carbons (Fsp3) is 0.333. The monoisotopic (exact) mass is 600 g/mol. The molecule has 3 atom stereocenters. The Morgan fingerprint density at radius 3 is 2.55 bits per heavy atom. The van der Waals surface area contributed by atoms with Crippen LogP contribution in [-0.4, -0.2) is 54.1 Å². The topological polar surface area (TPSA) is 110 Å². The number of Topliss-reactive ketones (excluding diaryl/α,β-unsaturated/α-hetero) is 1. The van der Waals surface area contributed by atoms with E-state index in [4.69, 9.17) is 0 Å². The number of aromatic nitrogens is 4. The number of anilines is 1. The maximum Gasteiger partial charge on any atom is 0.248 e. The molecule has 0 spiro atoms. The molecule has 4 aromatic rings. The zero-order chi connectivity index (χ0) is 28.3. The van der Waals surface area contributed by atoms with E-state index in [-0.39, 0.29) is 35.6 Å². The van der Waals surface area contributed by atoms with E-state index in [2.05, 4.69) is 43.1 Å². The largest absolute Gasteiger partial charge is 0.337 e. The number of halogens is 1. The molecule has 2 amide bonds. The number of rotatable bonds is 6. The molecule has 2 aliphatic rings. The van der Waals surface area contributed by atoms with Gasteiger partial charge in [0.05, 0.1) is 0 Å². The molecular weight excluding hydrogens is 572 g/mol. The highest BCUT2D eigenvalue weighted by Crippen LogP contribution is 2.59. The molecule has 1 N–H and O–H groups in total. The Bertz CT molecular complexity index is 1700. The lowest BCUT2D eigenvalue weighted by Crippen LogP contribution is -2.46. The number of pyridine rings is 1. The van der Waals surface area contributed by atoms with Crippen molar-refractivity contribution in [1.82, 2.24) is 24.4 Å². The van der Waals surface area contributed by atoms with E-state index >= 15 is 0 Å². The number of nitrogens with one attached hydrogen (secondary N) is 1. The molecule has 9 nitrogen and oxygen atoms in total. The smallest absolute Gasteiger partial charge is 0.248 e. The van der Waals surface area contributed by atoms with Crippen LogP contribution >= 0.6 is 15.9 Å². The zero-order valence-corrected chi connectivity index (χ0v) is 24.3. The van der Waals surface area contributed by atoms with E-state index in [1.165, 1.54) is 6.92 Å². The number of hydrogen-bond donors (Lipinski definition) is 1. The van der Waals surface area contributed by atoms with Gasteiger partial charge in [0.1, 0.15) is 28.8 Å². The van der Waals surface area contributed by atoms with Crippen LogP contribution in [0.4, 0.5) is 5.82 Å². The van der Waals surface area contributed by atoms with Crippen molar-refractivity contribution >= 4 is 50.2 Å². The lowest BCUT2D eigenvalue weighted by atomic mass is 10.0. The Labute approximate surface area is 240 Å². The second-order valence-electron chi connectivity index (χ2n) is 11.2. The minimum absolute atomic E-state index is 0.0227. The first-order valence-electron chi connectivity index (χ1n) is 13.2. The Morgan fingerprint density at radius 1 is 1.07 bits per heavy atom. The quantitative estimate of drug-likeness (QED) is 0.244. The van der Waals surface area contributed by atoms with Gasteiger partial charge in [-0.2, -0.15) is 0 Å². The van der Waals surface area contributed by atoms with Crippen LogP contribution < -0.4 is 5.32 Å². The third-order valence-corrected chi connectivity index (χ3v) is 8.65. The molecule has 1 saturated heterocycles. The van der Waals surface area contributed by atoms with Gasteiger partial charge in [-0.1, -0.05) is 19.1 Å². The number of carbonyl (C=O) groups excluding carboxylic acids is 3. The molecule has 204 valence electrons. The van der Waals surface area contributed by atoms with E-state index in [0.717, 1.165) is 34.0 Å². The van der Waals surface area contributed by atoms with Crippen LogP contribution in [0.25, 0.3) is 22.0 Å². The average molecular weight is 602 g/mol. The lowest BCUT2D eigenvalue weighted by Gasteiger charge is -2.27. The van der Waals surface area contributed by atoms with Gasteiger partial charge < -0.3 is 14.8 Å². The maximum atomic E-state index is 13.8. The van der Waals surface area contributed by atoms with Crippen LogP contribution in [0.15, 0.2) is 53.5 Å². The minimum Gasteiger partial charge on any atom is -0.337 e. The summed E-state index contributed by atoms with van der Waals surface area (Å²) in [5.74, 6) is 0.700. The summed E-state index contributed by atoms with van der Waals surface area (Å²) in [6.07, 6.45) is 6.74. The van der Waals surface area contributed by atoms with Crippen molar-refractivity contribution in [3.63, 3.8) is 0 Å². The Hall–Kier alpha value is -3.92. The first kappa shape index (κ1) is 26.3. The van der Waals surface area contributed by atoms with Gasteiger partial charge in [0.15, 0.2) is 5.78 Å². The summed E-state index contributed by atoms with van der Waals surface area (Å²) in [6.45, 7) is 7.39. The molecule has 2 fully saturated rings. The highest BCUT2D eigenvalue weighted by atomic mass is 79.9. The van der Waals surface area contributed by atoms with Gasteiger partial charge in [0, 0.05) is 46.7 Å². The van der Waals surface area contributed by atoms with Gasteiger partial charge in [-0.05, 0) is 84.3 Å². The zero-order valence-electron chi connectivity index (χ0n) is 22.7. The Morgan fingerprint density at radius 2 is 1.82 bits per heavy atom. The summed E-state index contributed by atoms with van der Waals surface area (Å²) < 4.78 is 2.44. The molecule has 1 aliphatic carbocycles. The maximum absolute atomic E-state index is 13.8. The predicted octanol–water partition coefficient (Wildman–Crippen LogP) is 5.09. The van der Waals surface area contributed by atoms with Gasteiger partial charge in [0.2, 0.25) is 11.8 Å². The molecule has 10 heteroatoms. The molecular formula is C30H29BrN6O3. The number of ketones is 1. The Balaban J connectivity index is 1.29. The second kappa shape index (κ2) is 9.62. The minimum atomic E-state index is -0.585. The molecule has 0 radical (unpaired) electrons. The van der Waals surface area contributed by atoms with Gasteiger partial charge >= 0.3 is 0 Å². The van der Waals surface area contributed by atoms with E-state index in [0.29, 0.717) is 28.2 Å². The van der Waals surface area contributed by atoms with Gasteiger partial charge in [-0.15, -0.1) is 0 Å². The number of aryl methyl sites for hydroxylation is 2. The summed E-state index contributed by atoms with van der Waals surface area (Å²) in [5.41, 5.74) is 3.84. The first-order chi connectivity index (χ1) is 19.0. The number of amides is 2. The van der Waals surface area contributed by atoms with Crippen LogP contribution in [0.3, 0.4) is 0 Å². The fourth-order valence-corrected chi connectivity index (χ4v) is 6.16. The number of carbonyl (C=O) groups is 3. The summed E-state index contributed by atoms with van der Waals surface area (Å²) in [5, 5.41) is 3.70. The first-order valence-corrected chi connectivity index (χ1v) is 14.0. The fourth-order valence-electron chi connectivity index (χ4n) is 5.85. The standard InChI is InChI=1S/C30H29BrN6O3/c1-16-5-8-26(31)34-28(16)35-29(40)24-10-30(4)11-25(30)37(24)27(39)15-36-14-22(17(2)38)21-9-19(6-7-23(21)36)20-12-32-18(3)33-13-20/h5-9,12-14,24-25H,10-11,15H2,1-4H3,(H,34,35,40)/t24-,25+,30-/m0/s1. The second-order valence-corrected chi connectivity index (χ2v) is 12.0. The SMILES string of the molecule is CC(=O)c1cn(CC(=O)N2[C@H](C(=O)Nc3nc(Br)ccc3C)C[C@@]3(C)C[C@@H]23)c2ccc(-c3cnc(C)nc3)cc12. The van der Waals surface area contributed by atoms with Gasteiger partial charge in [0.25, 0.3) is 0 Å². The van der Waals surface area contributed by atoms with Crippen molar-refractivity contribution in [3.8, 4) is 11.1 Å². The van der Waals surface area contributed by atoms with E-state index in [9.17, 15) is 14.4 Å². The number of benzene rings is 1. The number of fused-ring (bicyclic) bond motifs is 2. The van der Waals surface area contributed by atoms with Crippen molar-refractivity contribution in [2.75, 3.05) is 5.32 Å².